The third-order valence-electron chi connectivity index (χ3n) is 7.44. The van der Waals surface area contributed by atoms with Crippen LogP contribution in [0.1, 0.15) is 46.1 Å². The van der Waals surface area contributed by atoms with Crippen LogP contribution < -0.4 is 5.73 Å². The number of benzene rings is 1. The van der Waals surface area contributed by atoms with Gasteiger partial charge in [0.15, 0.2) is 0 Å². The van der Waals surface area contributed by atoms with Gasteiger partial charge in [0, 0.05) is 56.1 Å². The maximum absolute atomic E-state index is 12.2. The van der Waals surface area contributed by atoms with E-state index in [0.29, 0.717) is 11.6 Å². The summed E-state index contributed by atoms with van der Waals surface area (Å²) in [6.07, 6.45) is 4.09. The van der Waals surface area contributed by atoms with Crippen LogP contribution in [0.2, 0.25) is 0 Å². The van der Waals surface area contributed by atoms with Crippen molar-refractivity contribution in [2.24, 2.45) is 7.05 Å². The number of nitrogens with zero attached hydrogens (tertiary/aromatic N) is 5. The van der Waals surface area contributed by atoms with Gasteiger partial charge >= 0.3 is 0 Å². The number of fused-ring (bicyclic) bond motifs is 1. The minimum absolute atomic E-state index is 0.0475. The van der Waals surface area contributed by atoms with Crippen LogP contribution in [0.5, 0.6) is 0 Å². The van der Waals surface area contributed by atoms with Crippen molar-refractivity contribution in [2.45, 2.75) is 32.2 Å². The molecule has 36 heavy (non-hydrogen) atoms. The van der Waals surface area contributed by atoms with E-state index in [1.165, 1.54) is 11.3 Å². The molecule has 4 aromatic rings. The zero-order chi connectivity index (χ0) is 25.4. The SMILES string of the molecule is Cc1nc(-c2ccnc3c2cc(CN2CCC(c4ccc(C(=O)N(C)C)cc4)CC2)n3C)ccc1N. The lowest BCUT2D eigenvalue weighted by atomic mass is 9.89. The highest BCUT2D eigenvalue weighted by atomic mass is 16.2. The van der Waals surface area contributed by atoms with Crippen LogP contribution in [0.15, 0.2) is 54.7 Å². The number of hydrogen-bond donors (Lipinski definition) is 1. The van der Waals surface area contributed by atoms with Crippen molar-refractivity contribution in [3.8, 4) is 11.3 Å². The first kappa shape index (κ1) is 24.0. The maximum Gasteiger partial charge on any atom is 0.253 e. The first-order valence-electron chi connectivity index (χ1n) is 12.5. The van der Waals surface area contributed by atoms with E-state index < -0.39 is 0 Å². The Morgan fingerprint density at radius 3 is 2.47 bits per heavy atom. The normalized spacial score (nSPS) is 14.9. The summed E-state index contributed by atoms with van der Waals surface area (Å²) in [4.78, 5) is 25.7. The average Bonchev–Trinajstić information content (AvgIpc) is 3.21. The van der Waals surface area contributed by atoms with Crippen molar-refractivity contribution in [1.29, 1.82) is 0 Å². The quantitative estimate of drug-likeness (QED) is 0.449. The zero-order valence-electron chi connectivity index (χ0n) is 21.5. The van der Waals surface area contributed by atoms with Crippen LogP contribution in [0.25, 0.3) is 22.3 Å². The molecular weight excluding hydrogens is 448 g/mol. The van der Waals surface area contributed by atoms with E-state index in [9.17, 15) is 4.79 Å². The molecule has 1 aromatic carbocycles. The second kappa shape index (κ2) is 9.74. The van der Waals surface area contributed by atoms with Gasteiger partial charge in [0.1, 0.15) is 5.65 Å². The third kappa shape index (κ3) is 4.58. The second-order valence-electron chi connectivity index (χ2n) is 10.0. The Hall–Kier alpha value is -3.71. The van der Waals surface area contributed by atoms with Crippen LogP contribution in [0, 0.1) is 6.92 Å². The Balaban J connectivity index is 1.29. The molecule has 0 atom stereocenters. The topological polar surface area (TPSA) is 80.3 Å². The molecule has 186 valence electrons. The fourth-order valence-corrected chi connectivity index (χ4v) is 5.18. The van der Waals surface area contributed by atoms with Crippen molar-refractivity contribution in [3.05, 3.63) is 77.2 Å². The zero-order valence-corrected chi connectivity index (χ0v) is 21.5. The maximum atomic E-state index is 12.2. The first-order valence-corrected chi connectivity index (χ1v) is 12.5. The number of rotatable bonds is 5. The molecule has 1 aliphatic heterocycles. The fraction of sp³-hybridized carbons (Fsp3) is 0.345. The molecule has 1 saturated heterocycles. The lowest BCUT2D eigenvalue weighted by molar-refractivity contribution is 0.0827. The molecule has 7 nitrogen and oxygen atoms in total. The lowest BCUT2D eigenvalue weighted by Gasteiger charge is -2.32. The van der Waals surface area contributed by atoms with Crippen LogP contribution in [-0.4, -0.2) is 57.4 Å². The summed E-state index contributed by atoms with van der Waals surface area (Å²) in [6.45, 7) is 4.92. The van der Waals surface area contributed by atoms with Crippen LogP contribution in [0.4, 0.5) is 5.69 Å². The minimum Gasteiger partial charge on any atom is -0.397 e. The molecular formula is C29H34N6O. The summed E-state index contributed by atoms with van der Waals surface area (Å²) < 4.78 is 2.20. The van der Waals surface area contributed by atoms with Crippen molar-refractivity contribution < 1.29 is 4.79 Å². The van der Waals surface area contributed by atoms with E-state index in [1.807, 2.05) is 43.5 Å². The number of likely N-dealkylation sites (tertiary alicyclic amines) is 1. The van der Waals surface area contributed by atoms with E-state index in [-0.39, 0.29) is 5.91 Å². The molecule has 0 unspecified atom stereocenters. The Labute approximate surface area is 212 Å². The molecule has 1 fully saturated rings. The molecule has 0 aliphatic carbocycles. The van der Waals surface area contributed by atoms with Gasteiger partial charge in [-0.3, -0.25) is 14.7 Å². The third-order valence-corrected chi connectivity index (χ3v) is 7.44. The average molecular weight is 483 g/mol. The molecule has 2 N–H and O–H groups in total. The molecule has 1 aliphatic rings. The Kier molecular flexibility index (Phi) is 6.49. The molecule has 0 saturated carbocycles. The van der Waals surface area contributed by atoms with Crippen molar-refractivity contribution >= 4 is 22.6 Å². The van der Waals surface area contributed by atoms with Gasteiger partial charge in [-0.25, -0.2) is 4.98 Å². The molecule has 0 bridgehead atoms. The number of aromatic nitrogens is 3. The Bertz CT molecular complexity index is 1400. The number of anilines is 1. The number of carbonyl (C=O) groups is 1. The van der Waals surface area contributed by atoms with E-state index in [2.05, 4.69) is 39.7 Å². The molecule has 5 rings (SSSR count). The van der Waals surface area contributed by atoms with Gasteiger partial charge in [0.2, 0.25) is 0 Å². The highest BCUT2D eigenvalue weighted by molar-refractivity contribution is 5.94. The number of nitrogens with two attached hydrogens (primary N) is 1. The number of hydrogen-bond acceptors (Lipinski definition) is 5. The van der Waals surface area contributed by atoms with Gasteiger partial charge in [-0.1, -0.05) is 12.1 Å². The summed E-state index contributed by atoms with van der Waals surface area (Å²) in [5.41, 5.74) is 13.8. The van der Waals surface area contributed by atoms with Crippen LogP contribution in [0.3, 0.4) is 0 Å². The summed E-state index contributed by atoms with van der Waals surface area (Å²) >= 11 is 0. The van der Waals surface area contributed by atoms with Gasteiger partial charge < -0.3 is 15.2 Å². The fourth-order valence-electron chi connectivity index (χ4n) is 5.18. The Morgan fingerprint density at radius 1 is 1.08 bits per heavy atom. The van der Waals surface area contributed by atoms with Gasteiger partial charge in [-0.05, 0) is 80.7 Å². The number of carbonyl (C=O) groups excluding carboxylic acids is 1. The largest absolute Gasteiger partial charge is 0.397 e. The van der Waals surface area contributed by atoms with E-state index in [1.54, 1.807) is 19.0 Å². The molecule has 0 radical (unpaired) electrons. The summed E-state index contributed by atoms with van der Waals surface area (Å²) in [5.74, 6) is 0.580. The van der Waals surface area contributed by atoms with Crippen molar-refractivity contribution in [3.63, 3.8) is 0 Å². The number of pyridine rings is 2. The van der Waals surface area contributed by atoms with E-state index in [0.717, 1.165) is 66.0 Å². The minimum atomic E-state index is 0.0475. The van der Waals surface area contributed by atoms with E-state index >= 15 is 0 Å². The molecule has 3 aromatic heterocycles. The predicted molar refractivity (Wildman–Crippen MR) is 145 cm³/mol. The smallest absolute Gasteiger partial charge is 0.253 e. The highest BCUT2D eigenvalue weighted by Crippen LogP contribution is 2.32. The number of aryl methyl sites for hydroxylation is 2. The number of nitrogen functional groups attached to an aromatic ring is 1. The highest BCUT2D eigenvalue weighted by Gasteiger charge is 2.23. The number of amides is 1. The summed E-state index contributed by atoms with van der Waals surface area (Å²) in [5, 5.41) is 1.12. The van der Waals surface area contributed by atoms with Gasteiger partial charge in [-0.15, -0.1) is 0 Å². The van der Waals surface area contributed by atoms with Crippen molar-refractivity contribution in [2.75, 3.05) is 32.9 Å². The first-order chi connectivity index (χ1) is 17.3. The molecule has 0 spiro atoms. The molecule has 7 heteroatoms. The van der Waals surface area contributed by atoms with Gasteiger partial charge in [-0.2, -0.15) is 0 Å². The Morgan fingerprint density at radius 2 is 1.81 bits per heavy atom. The van der Waals surface area contributed by atoms with Crippen LogP contribution in [-0.2, 0) is 13.6 Å². The standard InChI is InChI=1S/C29H34N6O/c1-19-26(30)9-10-27(32-19)24-11-14-31-28-25(24)17-23(34(28)4)18-35-15-12-21(13-16-35)20-5-7-22(8-6-20)29(36)33(2)3/h5-11,14,17,21H,12-13,15-16,18,30H2,1-4H3. The summed E-state index contributed by atoms with van der Waals surface area (Å²) in [6, 6.07) is 16.4. The lowest BCUT2D eigenvalue weighted by Crippen LogP contribution is -2.33. The van der Waals surface area contributed by atoms with Gasteiger partial charge in [0.25, 0.3) is 5.91 Å². The van der Waals surface area contributed by atoms with Crippen LogP contribution >= 0.6 is 0 Å². The summed E-state index contributed by atoms with van der Waals surface area (Å²) in [7, 11) is 5.67. The molecule has 1 amide bonds. The monoisotopic (exact) mass is 482 g/mol. The molecule has 4 heterocycles. The second-order valence-corrected chi connectivity index (χ2v) is 10.0. The predicted octanol–water partition coefficient (Wildman–Crippen LogP) is 4.61. The van der Waals surface area contributed by atoms with Crippen molar-refractivity contribution in [1.82, 2.24) is 24.3 Å². The number of piperidine rings is 1. The van der Waals surface area contributed by atoms with E-state index in [4.69, 9.17) is 10.7 Å². The van der Waals surface area contributed by atoms with Gasteiger partial charge in [0.05, 0.1) is 17.1 Å².